The van der Waals surface area contributed by atoms with Gasteiger partial charge in [-0.1, -0.05) is 30.3 Å². The number of ether oxygens (including phenoxy) is 1. The Morgan fingerprint density at radius 1 is 1.12 bits per heavy atom. The standard InChI is InChI=1S/C14H12O2/c15-13-6-4-5-12(11-13)9-10-16-14-7-2-1-3-8-14/h1-5,7,11,15H,9-10H2. The average Bonchev–Trinajstić information content (AvgIpc) is 2.30. The molecule has 0 aromatic heterocycles. The van der Waals surface area contributed by atoms with Crippen molar-refractivity contribution >= 4 is 0 Å². The normalized spacial score (nSPS) is 10.0. The van der Waals surface area contributed by atoms with Gasteiger partial charge in [0, 0.05) is 18.6 Å². The fourth-order valence-corrected chi connectivity index (χ4v) is 1.40. The molecule has 0 aliphatic rings. The van der Waals surface area contributed by atoms with Crippen LogP contribution in [0.3, 0.4) is 0 Å². The van der Waals surface area contributed by atoms with Crippen LogP contribution in [0.1, 0.15) is 5.56 Å². The van der Waals surface area contributed by atoms with Crippen LogP contribution in [0.2, 0.25) is 0 Å². The zero-order chi connectivity index (χ0) is 11.2. The third-order valence-corrected chi connectivity index (χ3v) is 2.18. The molecule has 0 aliphatic carbocycles. The summed E-state index contributed by atoms with van der Waals surface area (Å²) in [6, 6.07) is 18.5. The minimum absolute atomic E-state index is 0.170. The van der Waals surface area contributed by atoms with Crippen molar-refractivity contribution in [3.63, 3.8) is 0 Å². The van der Waals surface area contributed by atoms with E-state index in [1.165, 1.54) is 0 Å². The van der Waals surface area contributed by atoms with Crippen LogP contribution in [0.15, 0.2) is 42.5 Å². The lowest BCUT2D eigenvalue weighted by Gasteiger charge is -2.05. The lowest BCUT2D eigenvalue weighted by atomic mass is 10.1. The Morgan fingerprint density at radius 3 is 2.81 bits per heavy atom. The van der Waals surface area contributed by atoms with E-state index >= 15 is 0 Å². The fraction of sp³-hybridized carbons (Fsp3) is 0.143. The van der Waals surface area contributed by atoms with E-state index in [4.69, 9.17) is 4.74 Å². The molecule has 0 saturated carbocycles. The Balaban J connectivity index is 1.85. The summed E-state index contributed by atoms with van der Waals surface area (Å²) in [5.41, 5.74) is 1.03. The van der Waals surface area contributed by atoms with E-state index in [1.807, 2.05) is 30.3 Å². The highest BCUT2D eigenvalue weighted by molar-refractivity contribution is 5.26. The van der Waals surface area contributed by atoms with Gasteiger partial charge in [-0.15, -0.1) is 0 Å². The van der Waals surface area contributed by atoms with Crippen molar-refractivity contribution in [3.8, 4) is 11.5 Å². The van der Waals surface area contributed by atoms with Crippen molar-refractivity contribution in [1.29, 1.82) is 0 Å². The monoisotopic (exact) mass is 212 g/mol. The van der Waals surface area contributed by atoms with Gasteiger partial charge in [0.2, 0.25) is 0 Å². The molecule has 2 rings (SSSR count). The number of phenols is 1. The second-order valence-electron chi connectivity index (χ2n) is 3.41. The second-order valence-corrected chi connectivity index (χ2v) is 3.41. The summed E-state index contributed by atoms with van der Waals surface area (Å²) in [4.78, 5) is 0. The van der Waals surface area contributed by atoms with Crippen LogP contribution in [0.25, 0.3) is 0 Å². The van der Waals surface area contributed by atoms with Crippen molar-refractivity contribution in [2.45, 2.75) is 6.42 Å². The molecule has 2 nitrogen and oxygen atoms in total. The molecule has 0 saturated heterocycles. The van der Waals surface area contributed by atoms with Gasteiger partial charge in [0.1, 0.15) is 11.5 Å². The predicted octanol–water partition coefficient (Wildman–Crippen LogP) is 2.61. The first-order chi connectivity index (χ1) is 7.84. The number of benzene rings is 2. The van der Waals surface area contributed by atoms with Crippen LogP contribution in [-0.2, 0) is 6.42 Å². The molecule has 0 atom stereocenters. The number of aromatic hydroxyl groups is 1. The van der Waals surface area contributed by atoms with Gasteiger partial charge in [-0.3, -0.25) is 0 Å². The van der Waals surface area contributed by atoms with Crippen LogP contribution < -0.4 is 4.74 Å². The molecule has 0 spiro atoms. The molecule has 2 heteroatoms. The zero-order valence-electron chi connectivity index (χ0n) is 8.81. The van der Waals surface area contributed by atoms with Crippen LogP contribution in [-0.4, -0.2) is 11.7 Å². The van der Waals surface area contributed by atoms with Crippen molar-refractivity contribution in [2.75, 3.05) is 6.61 Å². The quantitative estimate of drug-likeness (QED) is 0.844. The first kappa shape index (κ1) is 10.6. The van der Waals surface area contributed by atoms with Gasteiger partial charge in [-0.05, 0) is 17.7 Å². The zero-order valence-corrected chi connectivity index (χ0v) is 8.81. The minimum atomic E-state index is 0.170. The molecule has 1 N–H and O–H groups in total. The van der Waals surface area contributed by atoms with E-state index in [9.17, 15) is 5.11 Å². The Hall–Kier alpha value is -1.96. The molecule has 0 heterocycles. The van der Waals surface area contributed by atoms with Gasteiger partial charge in [-0.2, -0.15) is 0 Å². The lowest BCUT2D eigenvalue weighted by Crippen LogP contribution is -2.01. The Bertz CT molecular complexity index is 437. The van der Waals surface area contributed by atoms with Crippen LogP contribution in [0, 0.1) is 12.1 Å². The number of rotatable bonds is 4. The third kappa shape index (κ3) is 3.02. The summed E-state index contributed by atoms with van der Waals surface area (Å²) in [6.45, 7) is 0.573. The van der Waals surface area contributed by atoms with Crippen molar-refractivity contribution in [1.82, 2.24) is 0 Å². The molecule has 2 aromatic carbocycles. The number of hydrogen-bond donors (Lipinski definition) is 1. The Morgan fingerprint density at radius 2 is 2.06 bits per heavy atom. The molecule has 0 aliphatic heterocycles. The summed E-state index contributed by atoms with van der Waals surface area (Å²) in [5.74, 6) is 0.915. The van der Waals surface area contributed by atoms with E-state index in [1.54, 1.807) is 12.1 Å². The van der Waals surface area contributed by atoms with E-state index in [0.717, 1.165) is 17.7 Å². The molecule has 2 radical (unpaired) electrons. The lowest BCUT2D eigenvalue weighted by molar-refractivity contribution is 0.321. The maximum Gasteiger partial charge on any atom is 0.127 e. The van der Waals surface area contributed by atoms with E-state index in [2.05, 4.69) is 12.1 Å². The third-order valence-electron chi connectivity index (χ3n) is 2.18. The fourth-order valence-electron chi connectivity index (χ4n) is 1.40. The number of hydrogen-bond acceptors (Lipinski definition) is 2. The highest BCUT2D eigenvalue weighted by Gasteiger charge is 1.96. The maximum absolute atomic E-state index is 9.23. The van der Waals surface area contributed by atoms with Gasteiger partial charge in [0.05, 0.1) is 6.61 Å². The van der Waals surface area contributed by atoms with Crippen LogP contribution >= 0.6 is 0 Å². The highest BCUT2D eigenvalue weighted by Crippen LogP contribution is 2.12. The summed E-state index contributed by atoms with van der Waals surface area (Å²) >= 11 is 0. The molecule has 0 amide bonds. The molecule has 16 heavy (non-hydrogen) atoms. The summed E-state index contributed by atoms with van der Waals surface area (Å²) < 4.78 is 5.50. The van der Waals surface area contributed by atoms with E-state index < -0.39 is 0 Å². The second kappa shape index (κ2) is 5.21. The first-order valence-electron chi connectivity index (χ1n) is 5.14. The summed E-state index contributed by atoms with van der Waals surface area (Å²) in [6.07, 6.45) is 0.755. The SMILES string of the molecule is Oc1[c]ccc(CCOc2[c]cccc2)c1. The van der Waals surface area contributed by atoms with Crippen molar-refractivity contribution in [2.24, 2.45) is 0 Å². The average molecular weight is 212 g/mol. The summed E-state index contributed by atoms with van der Waals surface area (Å²) in [7, 11) is 0. The van der Waals surface area contributed by atoms with Crippen LogP contribution in [0.5, 0.6) is 11.5 Å². The molecule has 0 bridgehead atoms. The first-order valence-corrected chi connectivity index (χ1v) is 5.14. The highest BCUT2D eigenvalue weighted by atomic mass is 16.5. The molecular formula is C14H12O2. The molecule has 0 unspecified atom stereocenters. The van der Waals surface area contributed by atoms with Gasteiger partial charge in [-0.25, -0.2) is 0 Å². The van der Waals surface area contributed by atoms with Gasteiger partial charge in [0.25, 0.3) is 0 Å². The van der Waals surface area contributed by atoms with Crippen LogP contribution in [0.4, 0.5) is 0 Å². The topological polar surface area (TPSA) is 29.5 Å². The predicted molar refractivity (Wildman–Crippen MR) is 61.4 cm³/mol. The van der Waals surface area contributed by atoms with Gasteiger partial charge >= 0.3 is 0 Å². The maximum atomic E-state index is 9.23. The van der Waals surface area contributed by atoms with E-state index in [-0.39, 0.29) is 5.75 Å². The van der Waals surface area contributed by atoms with Crippen molar-refractivity contribution in [3.05, 3.63) is 60.2 Å². The molecule has 0 fully saturated rings. The molecule has 2 aromatic rings. The van der Waals surface area contributed by atoms with Crippen molar-refractivity contribution < 1.29 is 9.84 Å². The van der Waals surface area contributed by atoms with E-state index in [0.29, 0.717) is 6.61 Å². The number of para-hydroxylation sites is 1. The minimum Gasteiger partial charge on any atom is -0.507 e. The largest absolute Gasteiger partial charge is 0.507 e. The number of phenolic OH excluding ortho intramolecular Hbond substituents is 1. The Labute approximate surface area is 95.1 Å². The summed E-state index contributed by atoms with van der Waals surface area (Å²) in [5, 5.41) is 9.23. The van der Waals surface area contributed by atoms with Gasteiger partial charge in [0.15, 0.2) is 0 Å². The van der Waals surface area contributed by atoms with Gasteiger partial charge < -0.3 is 9.84 Å². The molecular weight excluding hydrogens is 200 g/mol. The Kier molecular flexibility index (Phi) is 3.44. The molecule has 80 valence electrons. The smallest absolute Gasteiger partial charge is 0.127 e.